The molecule has 40 heavy (non-hydrogen) atoms. The van der Waals surface area contributed by atoms with E-state index in [0.717, 1.165) is 40.8 Å². The van der Waals surface area contributed by atoms with Crippen molar-refractivity contribution in [2.24, 2.45) is 5.73 Å². The van der Waals surface area contributed by atoms with E-state index in [2.05, 4.69) is 11.4 Å². The van der Waals surface area contributed by atoms with Crippen molar-refractivity contribution in [1.82, 2.24) is 10.2 Å². The zero-order chi connectivity index (χ0) is 28.9. The monoisotopic (exact) mass is 547 g/mol. The van der Waals surface area contributed by atoms with E-state index in [4.69, 9.17) is 15.2 Å². The highest BCUT2D eigenvalue weighted by Gasteiger charge is 2.31. The van der Waals surface area contributed by atoms with E-state index in [1.54, 1.807) is 25.7 Å². The lowest BCUT2D eigenvalue weighted by Crippen LogP contribution is -2.48. The number of primary amides is 1. The van der Waals surface area contributed by atoms with Crippen LogP contribution in [0.4, 0.5) is 15.3 Å². The Balaban J connectivity index is 1.39. The second-order valence-electron chi connectivity index (χ2n) is 11.2. The van der Waals surface area contributed by atoms with E-state index >= 15 is 0 Å². The van der Waals surface area contributed by atoms with Crippen molar-refractivity contribution in [2.75, 3.05) is 31.1 Å². The number of carbonyl (C=O) groups is 3. The van der Waals surface area contributed by atoms with Gasteiger partial charge in [0.2, 0.25) is 0 Å². The van der Waals surface area contributed by atoms with Crippen molar-refractivity contribution < 1.29 is 23.9 Å². The summed E-state index contributed by atoms with van der Waals surface area (Å²) in [4.78, 5) is 40.5. The van der Waals surface area contributed by atoms with Crippen LogP contribution in [-0.4, -0.2) is 66.9 Å². The molecule has 10 heteroatoms. The Morgan fingerprint density at radius 3 is 2.52 bits per heavy atom. The predicted molar refractivity (Wildman–Crippen MR) is 151 cm³/mol. The minimum atomic E-state index is -0.891. The van der Waals surface area contributed by atoms with Gasteiger partial charge in [-0.15, -0.1) is 0 Å². The number of amides is 4. The van der Waals surface area contributed by atoms with Crippen LogP contribution in [0.25, 0.3) is 11.1 Å². The molecule has 0 aliphatic carbocycles. The molecule has 2 atom stereocenters. The fourth-order valence-electron chi connectivity index (χ4n) is 4.92. The highest BCUT2D eigenvalue weighted by molar-refractivity contribution is 5.93. The largest absolute Gasteiger partial charge is 0.444 e. The smallest absolute Gasteiger partial charge is 0.410 e. The van der Waals surface area contributed by atoms with Gasteiger partial charge in [-0.3, -0.25) is 9.69 Å². The predicted octanol–water partition coefficient (Wildman–Crippen LogP) is 3.76. The van der Waals surface area contributed by atoms with Crippen LogP contribution in [0.5, 0.6) is 0 Å². The molecule has 2 aliphatic heterocycles. The molecule has 0 unspecified atom stereocenters. The second kappa shape index (κ2) is 12.4. The van der Waals surface area contributed by atoms with E-state index in [0.29, 0.717) is 32.5 Å². The standard InChI is InChI=1S/C30H37N5O5/c1-30(2,3)40-29(38)34-13-5-15-39-26(19-34)27(36)33-24(18-31)16-20-7-9-21(10-8-20)23-12-11-22-6-4-14-35(28(32)37)25(22)17-23/h7-12,17,24,26H,4-6,13-16,19H2,1-3H3,(H2,32,37)(H,33,36)/t24-,26-/m0/s1. The highest BCUT2D eigenvalue weighted by Crippen LogP contribution is 2.32. The van der Waals surface area contributed by atoms with E-state index in [1.807, 2.05) is 42.5 Å². The quantitative estimate of drug-likeness (QED) is 0.585. The third-order valence-electron chi connectivity index (χ3n) is 6.89. The van der Waals surface area contributed by atoms with E-state index < -0.39 is 35.8 Å². The van der Waals surface area contributed by atoms with Crippen molar-refractivity contribution in [3.05, 3.63) is 53.6 Å². The normalized spacial score (nSPS) is 18.1. The molecule has 2 aromatic rings. The number of aryl methyl sites for hydroxylation is 1. The van der Waals surface area contributed by atoms with Crippen molar-refractivity contribution in [1.29, 1.82) is 5.26 Å². The van der Waals surface area contributed by atoms with Gasteiger partial charge in [0.1, 0.15) is 11.6 Å². The van der Waals surface area contributed by atoms with Gasteiger partial charge >= 0.3 is 12.1 Å². The molecule has 4 rings (SSSR count). The van der Waals surface area contributed by atoms with Crippen molar-refractivity contribution >= 4 is 23.7 Å². The molecule has 0 saturated carbocycles. The van der Waals surface area contributed by atoms with Gasteiger partial charge < -0.3 is 25.4 Å². The van der Waals surface area contributed by atoms with Crippen LogP contribution in [0, 0.1) is 11.3 Å². The molecule has 2 heterocycles. The number of urea groups is 1. The third-order valence-corrected chi connectivity index (χ3v) is 6.89. The van der Waals surface area contributed by atoms with Crippen LogP contribution < -0.4 is 16.0 Å². The maximum atomic E-state index is 13.0. The van der Waals surface area contributed by atoms with Crippen LogP contribution >= 0.6 is 0 Å². The molecule has 0 radical (unpaired) electrons. The van der Waals surface area contributed by atoms with Gasteiger partial charge in [0.15, 0.2) is 6.10 Å². The number of nitrogens with two attached hydrogens (primary N) is 1. The lowest BCUT2D eigenvalue weighted by Gasteiger charge is -2.28. The summed E-state index contributed by atoms with van der Waals surface area (Å²) in [5.41, 5.74) is 9.69. The SMILES string of the molecule is CC(C)(C)OC(=O)N1CCCO[C@H](C(=O)N[C@H](C#N)Cc2ccc(-c3ccc4c(c3)N(C(N)=O)CCC4)cc2)C1. The van der Waals surface area contributed by atoms with Crippen molar-refractivity contribution in [3.63, 3.8) is 0 Å². The zero-order valence-corrected chi connectivity index (χ0v) is 23.3. The van der Waals surface area contributed by atoms with Crippen LogP contribution in [0.2, 0.25) is 0 Å². The Kier molecular flexibility index (Phi) is 8.95. The molecule has 0 bridgehead atoms. The van der Waals surface area contributed by atoms with E-state index in [-0.39, 0.29) is 6.54 Å². The van der Waals surface area contributed by atoms with Crippen LogP contribution in [-0.2, 0) is 27.1 Å². The maximum Gasteiger partial charge on any atom is 0.410 e. The average Bonchev–Trinajstić information content (AvgIpc) is 3.18. The van der Waals surface area contributed by atoms with Crippen molar-refractivity contribution in [2.45, 2.75) is 64.2 Å². The van der Waals surface area contributed by atoms with Crippen LogP contribution in [0.3, 0.4) is 0 Å². The summed E-state index contributed by atoms with van der Waals surface area (Å²) in [6, 6.07) is 14.7. The first-order valence-electron chi connectivity index (χ1n) is 13.6. The Bertz CT molecular complexity index is 1280. The number of carbonyl (C=O) groups excluding carboxylic acids is 3. The summed E-state index contributed by atoms with van der Waals surface area (Å²) in [5.74, 6) is -0.438. The number of fused-ring (bicyclic) bond motifs is 1. The topological polar surface area (TPSA) is 138 Å². The van der Waals surface area contributed by atoms with Gasteiger partial charge in [0.05, 0.1) is 12.6 Å². The molecule has 3 N–H and O–H groups in total. The molecule has 2 aromatic carbocycles. The van der Waals surface area contributed by atoms with Crippen molar-refractivity contribution in [3.8, 4) is 17.2 Å². The first kappa shape index (κ1) is 28.9. The van der Waals surface area contributed by atoms with Gasteiger partial charge in [0, 0.05) is 31.8 Å². The summed E-state index contributed by atoms with van der Waals surface area (Å²) < 4.78 is 11.1. The van der Waals surface area contributed by atoms with Crippen LogP contribution in [0.15, 0.2) is 42.5 Å². The lowest BCUT2D eigenvalue weighted by molar-refractivity contribution is -0.133. The van der Waals surface area contributed by atoms with Gasteiger partial charge in [-0.2, -0.15) is 5.26 Å². The summed E-state index contributed by atoms with van der Waals surface area (Å²) in [5, 5.41) is 12.5. The highest BCUT2D eigenvalue weighted by atomic mass is 16.6. The molecular formula is C30H37N5O5. The summed E-state index contributed by atoms with van der Waals surface area (Å²) in [6.07, 6.45) is 1.30. The first-order valence-corrected chi connectivity index (χ1v) is 13.6. The number of hydrogen-bond donors (Lipinski definition) is 2. The van der Waals surface area contributed by atoms with Gasteiger partial charge in [-0.25, -0.2) is 9.59 Å². The number of ether oxygens (including phenoxy) is 2. The molecule has 1 saturated heterocycles. The maximum absolute atomic E-state index is 13.0. The number of anilines is 1. The lowest BCUT2D eigenvalue weighted by atomic mass is 9.96. The minimum Gasteiger partial charge on any atom is -0.444 e. The Hall–Kier alpha value is -4.10. The molecule has 4 amide bonds. The molecule has 10 nitrogen and oxygen atoms in total. The molecule has 1 fully saturated rings. The fourth-order valence-corrected chi connectivity index (χ4v) is 4.92. The Labute approximate surface area is 235 Å². The molecule has 212 valence electrons. The number of benzene rings is 2. The van der Waals surface area contributed by atoms with Gasteiger partial charge in [0.25, 0.3) is 5.91 Å². The Morgan fingerprint density at radius 1 is 1.12 bits per heavy atom. The van der Waals surface area contributed by atoms with E-state index in [9.17, 15) is 19.6 Å². The summed E-state index contributed by atoms with van der Waals surface area (Å²) >= 11 is 0. The number of nitrogens with zero attached hydrogens (tertiary/aromatic N) is 3. The number of nitrogens with one attached hydrogen (secondary N) is 1. The third kappa shape index (κ3) is 7.30. The summed E-state index contributed by atoms with van der Waals surface area (Å²) in [7, 11) is 0. The molecule has 0 spiro atoms. The number of hydrogen-bond acceptors (Lipinski definition) is 6. The van der Waals surface area contributed by atoms with Crippen LogP contribution in [0.1, 0.15) is 44.7 Å². The summed E-state index contributed by atoms with van der Waals surface area (Å²) in [6.45, 7) is 6.79. The first-order chi connectivity index (χ1) is 19.0. The van der Waals surface area contributed by atoms with Gasteiger partial charge in [-0.05, 0) is 68.4 Å². The molecule has 0 aromatic heterocycles. The molecular weight excluding hydrogens is 510 g/mol. The van der Waals surface area contributed by atoms with E-state index in [1.165, 1.54) is 4.90 Å². The molecule has 2 aliphatic rings. The zero-order valence-electron chi connectivity index (χ0n) is 23.3. The second-order valence-corrected chi connectivity index (χ2v) is 11.2. The average molecular weight is 548 g/mol. The fraction of sp³-hybridized carbons (Fsp3) is 0.467. The minimum absolute atomic E-state index is 0.0571. The Morgan fingerprint density at radius 2 is 1.85 bits per heavy atom. The van der Waals surface area contributed by atoms with Gasteiger partial charge in [-0.1, -0.05) is 36.4 Å². The number of nitriles is 1. The number of rotatable bonds is 5.